The highest BCUT2D eigenvalue weighted by molar-refractivity contribution is 5.99. The molecule has 24 heavy (non-hydrogen) atoms. The third-order valence-electron chi connectivity index (χ3n) is 3.25. The second kappa shape index (κ2) is 7.45. The van der Waals surface area contributed by atoms with Gasteiger partial charge in [-0.25, -0.2) is 9.18 Å². The number of amides is 1. The Balaban J connectivity index is 2.04. The predicted octanol–water partition coefficient (Wildman–Crippen LogP) is 2.60. The molecule has 2 aromatic carbocycles. The van der Waals surface area contributed by atoms with E-state index in [2.05, 4.69) is 5.32 Å². The molecule has 2 rings (SSSR count). The minimum Gasteiger partial charge on any atom is -0.495 e. The molecular formula is C17H17FN2O4. The van der Waals surface area contributed by atoms with Crippen molar-refractivity contribution in [2.24, 2.45) is 0 Å². The fourth-order valence-electron chi connectivity index (χ4n) is 1.98. The highest BCUT2D eigenvalue weighted by atomic mass is 19.1. The molecule has 0 spiro atoms. The number of hydrogen-bond acceptors (Lipinski definition) is 5. The maximum atomic E-state index is 13.0. The van der Waals surface area contributed by atoms with E-state index in [4.69, 9.17) is 15.2 Å². The van der Waals surface area contributed by atoms with Crippen LogP contribution < -0.4 is 15.8 Å². The molecule has 6 nitrogen and oxygen atoms in total. The van der Waals surface area contributed by atoms with Gasteiger partial charge >= 0.3 is 5.97 Å². The summed E-state index contributed by atoms with van der Waals surface area (Å²) in [5, 5.41) is 2.61. The molecule has 0 aliphatic carbocycles. The number of carbonyl (C=O) groups is 2. The fourth-order valence-corrected chi connectivity index (χ4v) is 1.98. The Morgan fingerprint density at radius 1 is 1.21 bits per heavy atom. The summed E-state index contributed by atoms with van der Waals surface area (Å²) in [4.78, 5) is 24.2. The number of ether oxygens (including phenoxy) is 2. The highest BCUT2D eigenvalue weighted by Crippen LogP contribution is 2.23. The van der Waals surface area contributed by atoms with E-state index in [1.54, 1.807) is 24.3 Å². The lowest BCUT2D eigenvalue weighted by atomic mass is 10.2. The van der Waals surface area contributed by atoms with Crippen molar-refractivity contribution < 1.29 is 23.5 Å². The molecule has 7 heteroatoms. The lowest BCUT2D eigenvalue weighted by molar-refractivity contribution is -0.123. The van der Waals surface area contributed by atoms with Gasteiger partial charge in [0.1, 0.15) is 11.6 Å². The van der Waals surface area contributed by atoms with Crippen molar-refractivity contribution in [2.75, 3.05) is 18.2 Å². The van der Waals surface area contributed by atoms with Gasteiger partial charge in [0.25, 0.3) is 5.91 Å². The largest absolute Gasteiger partial charge is 0.495 e. The first-order chi connectivity index (χ1) is 11.4. The van der Waals surface area contributed by atoms with Crippen molar-refractivity contribution in [3.8, 4) is 5.75 Å². The van der Waals surface area contributed by atoms with Gasteiger partial charge in [-0.3, -0.25) is 4.79 Å². The number of nitrogen functional groups attached to an aromatic ring is 1. The standard InChI is InChI=1S/C17H17FN2O4/c1-10(16(21)20-14-5-3-4-6-15(14)23-2)24-17(22)12-8-7-11(18)9-13(12)19/h3-10H,19H2,1-2H3,(H,20,21). The van der Waals surface area contributed by atoms with E-state index in [0.29, 0.717) is 11.4 Å². The molecular weight excluding hydrogens is 315 g/mol. The van der Waals surface area contributed by atoms with Crippen LogP contribution in [0, 0.1) is 5.82 Å². The van der Waals surface area contributed by atoms with E-state index in [1.165, 1.54) is 20.1 Å². The zero-order chi connectivity index (χ0) is 17.7. The molecule has 1 amide bonds. The topological polar surface area (TPSA) is 90.6 Å². The summed E-state index contributed by atoms with van der Waals surface area (Å²) in [6, 6.07) is 10.1. The first kappa shape index (κ1) is 17.3. The van der Waals surface area contributed by atoms with Gasteiger partial charge in [0.05, 0.1) is 18.4 Å². The van der Waals surface area contributed by atoms with Gasteiger partial charge in [0.2, 0.25) is 0 Å². The molecule has 0 fully saturated rings. The van der Waals surface area contributed by atoms with Crippen LogP contribution in [0.3, 0.4) is 0 Å². The summed E-state index contributed by atoms with van der Waals surface area (Å²) in [5.41, 5.74) is 5.97. The van der Waals surface area contributed by atoms with Crippen LogP contribution in [0.25, 0.3) is 0 Å². The Morgan fingerprint density at radius 2 is 1.92 bits per heavy atom. The van der Waals surface area contributed by atoms with Crippen LogP contribution in [0.5, 0.6) is 5.75 Å². The molecule has 1 atom stereocenters. The van der Waals surface area contributed by atoms with Crippen LogP contribution in [0.15, 0.2) is 42.5 Å². The Morgan fingerprint density at radius 3 is 2.58 bits per heavy atom. The molecule has 0 radical (unpaired) electrons. The maximum Gasteiger partial charge on any atom is 0.341 e. The first-order valence-corrected chi connectivity index (χ1v) is 7.12. The molecule has 0 aromatic heterocycles. The molecule has 0 saturated heterocycles. The van der Waals surface area contributed by atoms with Gasteiger partial charge in [0, 0.05) is 5.69 Å². The number of esters is 1. The van der Waals surface area contributed by atoms with Gasteiger partial charge in [-0.15, -0.1) is 0 Å². The Labute approximate surface area is 138 Å². The highest BCUT2D eigenvalue weighted by Gasteiger charge is 2.21. The number of para-hydroxylation sites is 2. The van der Waals surface area contributed by atoms with Crippen molar-refractivity contribution in [1.82, 2.24) is 0 Å². The lowest BCUT2D eigenvalue weighted by Crippen LogP contribution is -2.30. The van der Waals surface area contributed by atoms with Crippen LogP contribution in [0.1, 0.15) is 17.3 Å². The Kier molecular flexibility index (Phi) is 5.36. The Bertz CT molecular complexity index is 764. The predicted molar refractivity (Wildman–Crippen MR) is 87.3 cm³/mol. The molecule has 3 N–H and O–H groups in total. The molecule has 1 unspecified atom stereocenters. The number of nitrogens with one attached hydrogen (secondary N) is 1. The van der Waals surface area contributed by atoms with E-state index < -0.39 is 23.8 Å². The number of anilines is 2. The molecule has 126 valence electrons. The summed E-state index contributed by atoms with van der Waals surface area (Å²) in [6.45, 7) is 1.42. The summed E-state index contributed by atoms with van der Waals surface area (Å²) in [7, 11) is 1.48. The zero-order valence-electron chi connectivity index (χ0n) is 13.2. The number of methoxy groups -OCH3 is 1. The second-order valence-corrected chi connectivity index (χ2v) is 4.97. The number of nitrogens with two attached hydrogens (primary N) is 1. The number of rotatable bonds is 5. The fraction of sp³-hybridized carbons (Fsp3) is 0.176. The maximum absolute atomic E-state index is 13.0. The molecule has 2 aromatic rings. The van der Waals surface area contributed by atoms with Crippen molar-refractivity contribution in [2.45, 2.75) is 13.0 Å². The minimum atomic E-state index is -1.08. The van der Waals surface area contributed by atoms with Gasteiger partial charge in [-0.05, 0) is 37.3 Å². The zero-order valence-corrected chi connectivity index (χ0v) is 13.2. The monoisotopic (exact) mass is 332 g/mol. The summed E-state index contributed by atoms with van der Waals surface area (Å²) < 4.78 is 23.2. The number of benzene rings is 2. The number of hydrogen-bond donors (Lipinski definition) is 2. The third kappa shape index (κ3) is 4.01. The summed E-state index contributed by atoms with van der Waals surface area (Å²) in [5.74, 6) is -1.43. The second-order valence-electron chi connectivity index (χ2n) is 4.97. The smallest absolute Gasteiger partial charge is 0.341 e. The summed E-state index contributed by atoms with van der Waals surface area (Å²) >= 11 is 0. The van der Waals surface area contributed by atoms with Gasteiger partial charge in [-0.2, -0.15) is 0 Å². The van der Waals surface area contributed by atoms with Gasteiger partial charge < -0.3 is 20.5 Å². The summed E-state index contributed by atoms with van der Waals surface area (Å²) in [6.07, 6.45) is -1.08. The number of halogens is 1. The van der Waals surface area contributed by atoms with E-state index in [9.17, 15) is 14.0 Å². The van der Waals surface area contributed by atoms with E-state index in [1.807, 2.05) is 0 Å². The van der Waals surface area contributed by atoms with Gasteiger partial charge in [0.15, 0.2) is 6.10 Å². The average Bonchev–Trinajstić information content (AvgIpc) is 2.55. The SMILES string of the molecule is COc1ccccc1NC(=O)C(C)OC(=O)c1ccc(F)cc1N. The van der Waals surface area contributed by atoms with Crippen molar-refractivity contribution in [1.29, 1.82) is 0 Å². The normalized spacial score (nSPS) is 11.5. The molecule has 0 heterocycles. The first-order valence-electron chi connectivity index (χ1n) is 7.12. The van der Waals surface area contributed by atoms with Crippen LogP contribution in [-0.4, -0.2) is 25.1 Å². The van der Waals surface area contributed by atoms with Crippen LogP contribution >= 0.6 is 0 Å². The lowest BCUT2D eigenvalue weighted by Gasteiger charge is -2.15. The minimum absolute atomic E-state index is 0.00617. The van der Waals surface area contributed by atoms with Crippen molar-refractivity contribution >= 4 is 23.3 Å². The molecule has 0 bridgehead atoms. The van der Waals surface area contributed by atoms with Crippen molar-refractivity contribution in [3.63, 3.8) is 0 Å². The molecule has 0 saturated carbocycles. The Hall–Kier alpha value is -3.09. The van der Waals surface area contributed by atoms with E-state index >= 15 is 0 Å². The third-order valence-corrected chi connectivity index (χ3v) is 3.25. The molecule has 0 aliphatic heterocycles. The van der Waals surface area contributed by atoms with Crippen LogP contribution in [0.2, 0.25) is 0 Å². The van der Waals surface area contributed by atoms with Crippen molar-refractivity contribution in [3.05, 3.63) is 53.8 Å². The average molecular weight is 332 g/mol. The van der Waals surface area contributed by atoms with Crippen LogP contribution in [-0.2, 0) is 9.53 Å². The molecule has 0 aliphatic rings. The van der Waals surface area contributed by atoms with Gasteiger partial charge in [-0.1, -0.05) is 12.1 Å². The van der Waals surface area contributed by atoms with Crippen LogP contribution in [0.4, 0.5) is 15.8 Å². The van der Waals surface area contributed by atoms with E-state index in [-0.39, 0.29) is 11.3 Å². The van der Waals surface area contributed by atoms with E-state index in [0.717, 1.165) is 12.1 Å². The quantitative estimate of drug-likeness (QED) is 0.649. The number of carbonyl (C=O) groups excluding carboxylic acids is 2.